The van der Waals surface area contributed by atoms with Crippen LogP contribution in [-0.4, -0.2) is 22.2 Å². The van der Waals surface area contributed by atoms with E-state index in [4.69, 9.17) is 0 Å². The van der Waals surface area contributed by atoms with Crippen LogP contribution in [0.3, 0.4) is 0 Å². The van der Waals surface area contributed by atoms with E-state index in [2.05, 4.69) is 27.7 Å². The van der Waals surface area contributed by atoms with Crippen molar-refractivity contribution in [1.82, 2.24) is 0 Å². The highest BCUT2D eigenvalue weighted by Gasteiger charge is 2.64. The van der Waals surface area contributed by atoms with Crippen LogP contribution in [0.5, 0.6) is 0 Å². The van der Waals surface area contributed by atoms with E-state index in [9.17, 15) is 19.8 Å². The van der Waals surface area contributed by atoms with Crippen LogP contribution in [0.2, 0.25) is 0 Å². The number of rotatable bonds is 14. The van der Waals surface area contributed by atoms with Crippen molar-refractivity contribution in [2.75, 3.05) is 0 Å². The monoisotopic (exact) mass is 408 g/mol. The van der Waals surface area contributed by atoms with Crippen molar-refractivity contribution < 1.29 is 19.8 Å². The highest BCUT2D eigenvalue weighted by molar-refractivity contribution is 5.88. The summed E-state index contributed by atoms with van der Waals surface area (Å²) in [7, 11) is 0. The van der Waals surface area contributed by atoms with Crippen LogP contribution < -0.4 is 0 Å². The predicted octanol–water partition coefficient (Wildman–Crippen LogP) is 6.94. The van der Waals surface area contributed by atoms with Crippen molar-refractivity contribution in [3.05, 3.63) is 12.2 Å². The molecule has 4 heteroatoms. The zero-order valence-electron chi connectivity index (χ0n) is 19.4. The quantitative estimate of drug-likeness (QED) is 0.305. The molecule has 1 aliphatic rings. The van der Waals surface area contributed by atoms with Gasteiger partial charge in [0.1, 0.15) is 0 Å². The molecule has 29 heavy (non-hydrogen) atoms. The second-order valence-corrected chi connectivity index (χ2v) is 9.33. The summed E-state index contributed by atoms with van der Waals surface area (Å²) >= 11 is 0. The van der Waals surface area contributed by atoms with Gasteiger partial charge in [-0.3, -0.25) is 9.59 Å². The largest absolute Gasteiger partial charge is 0.481 e. The first-order valence-electron chi connectivity index (χ1n) is 11.9. The first-order valence-corrected chi connectivity index (χ1v) is 11.9. The van der Waals surface area contributed by atoms with Crippen molar-refractivity contribution >= 4 is 11.9 Å². The molecule has 0 radical (unpaired) electrons. The van der Waals surface area contributed by atoms with Gasteiger partial charge in [-0.2, -0.15) is 0 Å². The second-order valence-electron chi connectivity index (χ2n) is 9.33. The van der Waals surface area contributed by atoms with Gasteiger partial charge in [0.05, 0.1) is 10.8 Å². The Morgan fingerprint density at radius 2 is 1.45 bits per heavy atom. The molecule has 1 aliphatic carbocycles. The van der Waals surface area contributed by atoms with Crippen LogP contribution in [0, 0.1) is 28.6 Å². The summed E-state index contributed by atoms with van der Waals surface area (Å²) in [5, 5.41) is 21.1. The Morgan fingerprint density at radius 3 is 1.86 bits per heavy atom. The molecule has 0 aromatic carbocycles. The Labute approximate surface area is 178 Å². The first-order chi connectivity index (χ1) is 13.7. The molecule has 2 N–H and O–H groups in total. The number of unbranched alkanes of at least 4 members (excludes halogenated alkanes) is 2. The van der Waals surface area contributed by atoms with E-state index in [1.165, 1.54) is 0 Å². The SMILES string of the molecule is CCCCC(CC)CC1(C(=O)O)CC=CC(C)C1(CC(CC)CCCC)C(=O)O. The van der Waals surface area contributed by atoms with Crippen LogP contribution in [0.25, 0.3) is 0 Å². The topological polar surface area (TPSA) is 74.6 Å². The predicted molar refractivity (Wildman–Crippen MR) is 119 cm³/mol. The van der Waals surface area contributed by atoms with E-state index in [0.717, 1.165) is 51.4 Å². The lowest BCUT2D eigenvalue weighted by molar-refractivity contribution is -0.185. The molecular formula is C25H44O4. The Balaban J connectivity index is 3.48. The summed E-state index contributed by atoms with van der Waals surface area (Å²) in [5.74, 6) is -1.63. The standard InChI is InChI=1S/C25H44O4/c1-6-10-14-20(8-3)17-24(22(26)27)16-12-13-19(5)25(24,23(28)29)18-21(9-4)15-11-7-2/h12-13,19-21H,6-11,14-18H2,1-5H3,(H,26,27)(H,28,29). The summed E-state index contributed by atoms with van der Waals surface area (Å²) in [6.07, 6.45) is 13.1. The molecule has 0 fully saturated rings. The second kappa shape index (κ2) is 11.8. The maximum atomic E-state index is 12.9. The molecule has 0 saturated carbocycles. The molecule has 5 unspecified atom stereocenters. The third-order valence-electron chi connectivity index (χ3n) is 7.65. The number of aliphatic carboxylic acids is 2. The molecule has 4 nitrogen and oxygen atoms in total. The lowest BCUT2D eigenvalue weighted by Gasteiger charge is -2.52. The molecule has 0 aliphatic heterocycles. The maximum Gasteiger partial charge on any atom is 0.311 e. The van der Waals surface area contributed by atoms with Gasteiger partial charge < -0.3 is 10.2 Å². The van der Waals surface area contributed by atoms with Gasteiger partial charge in [0.25, 0.3) is 0 Å². The number of carboxylic acid groups (broad SMARTS) is 2. The summed E-state index contributed by atoms with van der Waals surface area (Å²) in [5.41, 5.74) is -2.48. The molecule has 5 atom stereocenters. The highest BCUT2D eigenvalue weighted by atomic mass is 16.4. The first kappa shape index (κ1) is 25.7. The van der Waals surface area contributed by atoms with Crippen molar-refractivity contribution in [2.24, 2.45) is 28.6 Å². The number of carboxylic acids is 2. The third kappa shape index (κ3) is 5.44. The zero-order valence-corrected chi connectivity index (χ0v) is 19.4. The van der Waals surface area contributed by atoms with Crippen molar-refractivity contribution in [3.63, 3.8) is 0 Å². The van der Waals surface area contributed by atoms with Gasteiger partial charge in [-0.25, -0.2) is 0 Å². The maximum absolute atomic E-state index is 12.9. The molecule has 168 valence electrons. The van der Waals surface area contributed by atoms with Crippen LogP contribution >= 0.6 is 0 Å². The molecule has 0 amide bonds. The Morgan fingerprint density at radius 1 is 0.931 bits per heavy atom. The Kier molecular flexibility index (Phi) is 10.4. The minimum absolute atomic E-state index is 0.245. The van der Waals surface area contributed by atoms with Gasteiger partial charge >= 0.3 is 11.9 Å². The average molecular weight is 409 g/mol. The Hall–Kier alpha value is -1.32. The summed E-state index contributed by atoms with van der Waals surface area (Å²) < 4.78 is 0. The van der Waals surface area contributed by atoms with Gasteiger partial charge in [-0.1, -0.05) is 98.1 Å². The minimum atomic E-state index is -1.25. The van der Waals surface area contributed by atoms with E-state index in [-0.39, 0.29) is 17.8 Å². The van der Waals surface area contributed by atoms with Crippen LogP contribution in [-0.2, 0) is 9.59 Å². The van der Waals surface area contributed by atoms with Crippen molar-refractivity contribution in [1.29, 1.82) is 0 Å². The number of hydrogen-bond acceptors (Lipinski definition) is 2. The highest BCUT2D eigenvalue weighted by Crippen LogP contribution is 2.59. The normalized spacial score (nSPS) is 28.8. The zero-order chi connectivity index (χ0) is 22.1. The molecule has 0 heterocycles. The fourth-order valence-corrected chi connectivity index (χ4v) is 5.59. The van der Waals surface area contributed by atoms with E-state index in [0.29, 0.717) is 19.3 Å². The van der Waals surface area contributed by atoms with Crippen LogP contribution in [0.15, 0.2) is 12.2 Å². The number of carbonyl (C=O) groups is 2. The number of hydrogen-bond donors (Lipinski definition) is 2. The summed E-state index contributed by atoms with van der Waals surface area (Å²) in [6.45, 7) is 10.4. The van der Waals surface area contributed by atoms with Gasteiger partial charge in [0.15, 0.2) is 0 Å². The fourth-order valence-electron chi connectivity index (χ4n) is 5.59. The van der Waals surface area contributed by atoms with Gasteiger partial charge in [-0.05, 0) is 37.0 Å². The smallest absolute Gasteiger partial charge is 0.311 e. The van der Waals surface area contributed by atoms with Gasteiger partial charge in [0, 0.05) is 0 Å². The fraction of sp³-hybridized carbons (Fsp3) is 0.840. The van der Waals surface area contributed by atoms with E-state index in [1.807, 2.05) is 19.1 Å². The van der Waals surface area contributed by atoms with Gasteiger partial charge in [0.2, 0.25) is 0 Å². The molecule has 0 saturated heterocycles. The molecule has 1 rings (SSSR count). The number of allylic oxidation sites excluding steroid dienone is 2. The van der Waals surface area contributed by atoms with E-state index < -0.39 is 22.8 Å². The van der Waals surface area contributed by atoms with Crippen molar-refractivity contribution in [2.45, 2.75) is 105 Å². The summed E-state index contributed by atoms with van der Waals surface area (Å²) in [4.78, 5) is 25.8. The lowest BCUT2D eigenvalue weighted by atomic mass is 9.48. The Bertz CT molecular complexity index is 555. The van der Waals surface area contributed by atoms with Crippen LogP contribution in [0.4, 0.5) is 0 Å². The summed E-state index contributed by atoms with van der Waals surface area (Å²) in [6, 6.07) is 0. The average Bonchev–Trinajstić information content (AvgIpc) is 2.69. The van der Waals surface area contributed by atoms with E-state index in [1.54, 1.807) is 0 Å². The molecule has 0 bridgehead atoms. The molecule has 0 spiro atoms. The van der Waals surface area contributed by atoms with Gasteiger partial charge in [-0.15, -0.1) is 0 Å². The third-order valence-corrected chi connectivity index (χ3v) is 7.65. The lowest BCUT2D eigenvalue weighted by Crippen LogP contribution is -2.58. The van der Waals surface area contributed by atoms with Crippen LogP contribution in [0.1, 0.15) is 105 Å². The molecule has 0 aromatic rings. The molecule has 0 aromatic heterocycles. The minimum Gasteiger partial charge on any atom is -0.481 e. The molecular weight excluding hydrogens is 364 g/mol. The van der Waals surface area contributed by atoms with Crippen molar-refractivity contribution in [3.8, 4) is 0 Å². The van der Waals surface area contributed by atoms with E-state index >= 15 is 0 Å².